The van der Waals surface area contributed by atoms with E-state index in [4.69, 9.17) is 9.94 Å². The molecule has 2 aromatic rings. The quantitative estimate of drug-likeness (QED) is 0.496. The van der Waals surface area contributed by atoms with Crippen LogP contribution in [-0.4, -0.2) is 22.1 Å². The van der Waals surface area contributed by atoms with Gasteiger partial charge in [-0.05, 0) is 54.5 Å². The molecular weight excluding hydrogens is 320 g/mol. The zero-order valence-corrected chi connectivity index (χ0v) is 13.8. The second kappa shape index (κ2) is 7.90. The second-order valence-corrected chi connectivity index (χ2v) is 6.26. The molecule has 1 unspecified atom stereocenters. The van der Waals surface area contributed by atoms with Gasteiger partial charge in [0.1, 0.15) is 6.61 Å². The minimum atomic E-state index is -0.527. The Kier molecular flexibility index (Phi) is 5.40. The van der Waals surface area contributed by atoms with E-state index in [1.165, 1.54) is 5.56 Å². The number of carbonyl (C=O) groups is 2. The zero-order valence-electron chi connectivity index (χ0n) is 13.8. The summed E-state index contributed by atoms with van der Waals surface area (Å²) >= 11 is 0. The van der Waals surface area contributed by atoms with Gasteiger partial charge in [0.2, 0.25) is 0 Å². The smallest absolute Gasteiger partial charge is 0.306 e. The molecule has 1 amide bonds. The normalized spacial score (nSPS) is 16.0. The van der Waals surface area contributed by atoms with E-state index >= 15 is 0 Å². The maximum atomic E-state index is 12.1. The number of ether oxygens (including phenoxy) is 1. The van der Waals surface area contributed by atoms with Crippen LogP contribution in [0.1, 0.15) is 39.9 Å². The van der Waals surface area contributed by atoms with Crippen molar-refractivity contribution >= 4 is 11.9 Å². The van der Waals surface area contributed by atoms with Gasteiger partial charge < -0.3 is 4.74 Å². The number of rotatable bonds is 5. The monoisotopic (exact) mass is 340 g/mol. The van der Waals surface area contributed by atoms with E-state index in [0.29, 0.717) is 12.0 Å². The number of hydrogen-bond acceptors (Lipinski definition) is 5. The number of hydrogen-bond donors (Lipinski definition) is 2. The fourth-order valence-corrected chi connectivity index (χ4v) is 3.15. The molecule has 1 aromatic heterocycles. The van der Waals surface area contributed by atoms with Gasteiger partial charge in [-0.15, -0.1) is 0 Å². The summed E-state index contributed by atoms with van der Waals surface area (Å²) in [6.45, 7) is 0.233. The predicted molar refractivity (Wildman–Crippen MR) is 89.9 cm³/mol. The van der Waals surface area contributed by atoms with Crippen LogP contribution in [-0.2, 0) is 29.0 Å². The molecular formula is C19H20N2O4. The van der Waals surface area contributed by atoms with Gasteiger partial charge in [-0.3, -0.25) is 19.8 Å². The standard InChI is InChI=1S/C19H20N2O4/c22-18(25-12-14-2-1-7-20-11-14)9-13-3-4-15-5-6-16(19(23)21-24)10-17(15)8-13/h1-2,5-7,10-11,13,24H,3-4,8-9,12H2,(H,21,23). The number of esters is 1. The van der Waals surface area contributed by atoms with Crippen molar-refractivity contribution in [2.75, 3.05) is 0 Å². The molecule has 1 aromatic carbocycles. The lowest BCUT2D eigenvalue weighted by Gasteiger charge is -2.24. The molecule has 1 atom stereocenters. The summed E-state index contributed by atoms with van der Waals surface area (Å²) in [4.78, 5) is 27.6. The Labute approximate surface area is 145 Å². The second-order valence-electron chi connectivity index (χ2n) is 6.26. The molecule has 3 rings (SSSR count). The van der Waals surface area contributed by atoms with Crippen LogP contribution >= 0.6 is 0 Å². The lowest BCUT2D eigenvalue weighted by atomic mass is 9.81. The molecule has 6 nitrogen and oxygen atoms in total. The summed E-state index contributed by atoms with van der Waals surface area (Å²) < 4.78 is 5.32. The van der Waals surface area contributed by atoms with Crippen molar-refractivity contribution in [3.8, 4) is 0 Å². The summed E-state index contributed by atoms with van der Waals surface area (Å²) in [5, 5.41) is 8.75. The first-order valence-electron chi connectivity index (χ1n) is 8.26. The van der Waals surface area contributed by atoms with E-state index in [1.54, 1.807) is 36.1 Å². The first-order valence-corrected chi connectivity index (χ1v) is 8.26. The van der Waals surface area contributed by atoms with Gasteiger partial charge >= 0.3 is 5.97 Å². The van der Waals surface area contributed by atoms with Gasteiger partial charge in [0.15, 0.2) is 0 Å². The van der Waals surface area contributed by atoms with Crippen molar-refractivity contribution in [1.82, 2.24) is 10.5 Å². The number of amides is 1. The summed E-state index contributed by atoms with van der Waals surface area (Å²) in [5.74, 6) is -0.552. The van der Waals surface area contributed by atoms with Crippen LogP contribution in [0.3, 0.4) is 0 Å². The zero-order chi connectivity index (χ0) is 17.6. The number of aromatic nitrogens is 1. The Morgan fingerprint density at radius 3 is 2.92 bits per heavy atom. The molecule has 25 heavy (non-hydrogen) atoms. The Bertz CT molecular complexity index is 761. The minimum Gasteiger partial charge on any atom is -0.461 e. The van der Waals surface area contributed by atoms with Gasteiger partial charge in [0.05, 0.1) is 0 Å². The fraction of sp³-hybridized carbons (Fsp3) is 0.316. The third kappa shape index (κ3) is 4.42. The molecule has 0 aliphatic heterocycles. The third-order valence-corrected chi connectivity index (χ3v) is 4.48. The molecule has 1 heterocycles. The van der Waals surface area contributed by atoms with Crippen molar-refractivity contribution in [3.05, 3.63) is 65.0 Å². The highest BCUT2D eigenvalue weighted by Crippen LogP contribution is 2.28. The lowest BCUT2D eigenvalue weighted by Crippen LogP contribution is -2.22. The Balaban J connectivity index is 1.56. The summed E-state index contributed by atoms with van der Waals surface area (Å²) in [5.41, 5.74) is 5.17. The highest BCUT2D eigenvalue weighted by Gasteiger charge is 2.22. The maximum Gasteiger partial charge on any atom is 0.306 e. The van der Waals surface area contributed by atoms with E-state index in [2.05, 4.69) is 4.98 Å². The molecule has 0 saturated heterocycles. The SMILES string of the molecule is O=C(CC1CCc2ccc(C(=O)NO)cc2C1)OCc1cccnc1. The first kappa shape index (κ1) is 17.1. The number of nitrogens with one attached hydrogen (secondary N) is 1. The van der Waals surface area contributed by atoms with Crippen molar-refractivity contribution in [2.45, 2.75) is 32.3 Å². The number of carbonyl (C=O) groups excluding carboxylic acids is 2. The summed E-state index contributed by atoms with van der Waals surface area (Å²) in [6.07, 6.45) is 6.23. The molecule has 0 spiro atoms. The molecule has 130 valence electrons. The minimum absolute atomic E-state index is 0.196. The largest absolute Gasteiger partial charge is 0.461 e. The molecule has 2 N–H and O–H groups in total. The van der Waals surface area contributed by atoms with Crippen LogP contribution < -0.4 is 5.48 Å². The van der Waals surface area contributed by atoms with Gasteiger partial charge in [0.25, 0.3) is 5.91 Å². The van der Waals surface area contributed by atoms with Gasteiger partial charge in [0, 0.05) is 29.9 Å². The fourth-order valence-electron chi connectivity index (χ4n) is 3.15. The maximum absolute atomic E-state index is 12.1. The van der Waals surface area contributed by atoms with Crippen LogP contribution in [0.25, 0.3) is 0 Å². The molecule has 0 bridgehead atoms. The summed E-state index contributed by atoms with van der Waals surface area (Å²) in [6, 6.07) is 9.07. The number of pyridine rings is 1. The number of nitrogens with zero attached hydrogens (tertiary/aromatic N) is 1. The third-order valence-electron chi connectivity index (χ3n) is 4.48. The first-order chi connectivity index (χ1) is 12.2. The van der Waals surface area contributed by atoms with Crippen LogP contribution in [0.2, 0.25) is 0 Å². The average Bonchev–Trinajstić information content (AvgIpc) is 2.66. The van der Waals surface area contributed by atoms with Gasteiger partial charge in [-0.25, -0.2) is 5.48 Å². The van der Waals surface area contributed by atoms with Crippen LogP contribution in [0.4, 0.5) is 0 Å². The van der Waals surface area contributed by atoms with Gasteiger partial charge in [-0.2, -0.15) is 0 Å². The van der Waals surface area contributed by atoms with E-state index in [0.717, 1.165) is 30.4 Å². The van der Waals surface area contributed by atoms with Crippen molar-refractivity contribution in [1.29, 1.82) is 0 Å². The molecule has 0 fully saturated rings. The van der Waals surface area contributed by atoms with Crippen LogP contribution in [0.5, 0.6) is 0 Å². The molecule has 0 saturated carbocycles. The van der Waals surface area contributed by atoms with E-state index in [9.17, 15) is 9.59 Å². The molecule has 0 radical (unpaired) electrons. The van der Waals surface area contributed by atoms with E-state index < -0.39 is 5.91 Å². The lowest BCUT2D eigenvalue weighted by molar-refractivity contribution is -0.146. The highest BCUT2D eigenvalue weighted by atomic mass is 16.5. The number of fused-ring (bicyclic) bond motifs is 1. The number of benzene rings is 1. The number of aryl methyl sites for hydroxylation is 1. The van der Waals surface area contributed by atoms with Crippen LogP contribution in [0.15, 0.2) is 42.7 Å². The Morgan fingerprint density at radius 2 is 2.16 bits per heavy atom. The molecule has 1 aliphatic rings. The molecule has 1 aliphatic carbocycles. The van der Waals surface area contributed by atoms with Gasteiger partial charge in [-0.1, -0.05) is 12.1 Å². The Hall–Kier alpha value is -2.73. The van der Waals surface area contributed by atoms with E-state index in [-0.39, 0.29) is 18.5 Å². The topological polar surface area (TPSA) is 88.5 Å². The summed E-state index contributed by atoms with van der Waals surface area (Å²) in [7, 11) is 0. The van der Waals surface area contributed by atoms with Crippen molar-refractivity contribution < 1.29 is 19.5 Å². The predicted octanol–water partition coefficient (Wildman–Crippen LogP) is 2.44. The van der Waals surface area contributed by atoms with Crippen LogP contribution in [0, 0.1) is 5.92 Å². The van der Waals surface area contributed by atoms with E-state index in [1.807, 2.05) is 12.1 Å². The van der Waals surface area contributed by atoms with Crippen molar-refractivity contribution in [3.63, 3.8) is 0 Å². The highest BCUT2D eigenvalue weighted by molar-refractivity contribution is 5.93. The Morgan fingerprint density at radius 1 is 1.28 bits per heavy atom. The average molecular weight is 340 g/mol. The van der Waals surface area contributed by atoms with Crippen molar-refractivity contribution in [2.24, 2.45) is 5.92 Å². The molecule has 6 heteroatoms. The number of hydroxylamine groups is 1.